The van der Waals surface area contributed by atoms with E-state index in [0.717, 1.165) is 24.0 Å². The minimum absolute atomic E-state index is 0.294. The lowest BCUT2D eigenvalue weighted by Crippen LogP contribution is -2.33. The Labute approximate surface area is 117 Å². The summed E-state index contributed by atoms with van der Waals surface area (Å²) in [6.07, 6.45) is 1.45. The van der Waals surface area contributed by atoms with Crippen LogP contribution in [-0.2, 0) is 4.74 Å². The monoisotopic (exact) mass is 312 g/mol. The first-order valence-electron chi connectivity index (χ1n) is 6.38. The number of halogens is 1. The van der Waals surface area contributed by atoms with Crippen molar-refractivity contribution in [1.29, 1.82) is 0 Å². The predicted molar refractivity (Wildman–Crippen MR) is 77.7 cm³/mol. The Hall–Kier alpha value is -0.420. The summed E-state index contributed by atoms with van der Waals surface area (Å²) >= 11 is 3.59. The molecule has 2 atom stereocenters. The van der Waals surface area contributed by atoms with Crippen molar-refractivity contribution >= 4 is 15.9 Å². The van der Waals surface area contributed by atoms with Gasteiger partial charge in [0.2, 0.25) is 0 Å². The summed E-state index contributed by atoms with van der Waals surface area (Å²) < 4.78 is 6.58. The Morgan fingerprint density at radius 2 is 2.33 bits per heavy atom. The van der Waals surface area contributed by atoms with Crippen LogP contribution in [0.3, 0.4) is 0 Å². The standard InChI is InChI=1S/C14H21BrN2O/c1-10-3-4-11(7-13(10)15)14(8-16)17-6-5-12(9-17)18-2/h3-4,7,12,14H,5-6,8-9,16H2,1-2H3. The van der Waals surface area contributed by atoms with Crippen molar-refractivity contribution in [3.63, 3.8) is 0 Å². The van der Waals surface area contributed by atoms with Crippen molar-refractivity contribution in [3.8, 4) is 0 Å². The minimum atomic E-state index is 0.294. The van der Waals surface area contributed by atoms with E-state index >= 15 is 0 Å². The fourth-order valence-corrected chi connectivity index (χ4v) is 2.94. The number of aryl methyl sites for hydroxylation is 1. The summed E-state index contributed by atoms with van der Waals surface area (Å²) in [7, 11) is 1.79. The second kappa shape index (κ2) is 6.15. The van der Waals surface area contributed by atoms with Gasteiger partial charge in [-0.05, 0) is 30.5 Å². The summed E-state index contributed by atoms with van der Waals surface area (Å²) in [5.41, 5.74) is 8.50. The van der Waals surface area contributed by atoms with E-state index in [0.29, 0.717) is 18.7 Å². The molecule has 1 aromatic carbocycles. The summed E-state index contributed by atoms with van der Waals surface area (Å²) in [5, 5.41) is 0. The molecule has 1 aliphatic rings. The fourth-order valence-electron chi connectivity index (χ4n) is 2.54. The van der Waals surface area contributed by atoms with Crippen molar-refractivity contribution in [1.82, 2.24) is 4.90 Å². The molecule has 1 heterocycles. The summed E-state index contributed by atoms with van der Waals surface area (Å²) in [6, 6.07) is 6.80. The quantitative estimate of drug-likeness (QED) is 0.928. The molecule has 0 aromatic heterocycles. The maximum atomic E-state index is 5.96. The maximum Gasteiger partial charge on any atom is 0.0710 e. The maximum absolute atomic E-state index is 5.96. The Balaban J connectivity index is 2.15. The van der Waals surface area contributed by atoms with Crippen molar-refractivity contribution in [3.05, 3.63) is 33.8 Å². The minimum Gasteiger partial charge on any atom is -0.380 e. The third kappa shape index (κ3) is 2.94. The first-order chi connectivity index (χ1) is 8.65. The normalized spacial score (nSPS) is 22.3. The van der Waals surface area contributed by atoms with Gasteiger partial charge in [0.1, 0.15) is 0 Å². The highest BCUT2D eigenvalue weighted by Crippen LogP contribution is 2.28. The van der Waals surface area contributed by atoms with Crippen molar-refractivity contribution in [2.24, 2.45) is 5.73 Å². The highest BCUT2D eigenvalue weighted by Gasteiger charge is 2.28. The van der Waals surface area contributed by atoms with Crippen LogP contribution >= 0.6 is 15.9 Å². The zero-order chi connectivity index (χ0) is 13.1. The van der Waals surface area contributed by atoms with Crippen molar-refractivity contribution < 1.29 is 4.74 Å². The molecular formula is C14H21BrN2O. The number of hydrogen-bond donors (Lipinski definition) is 1. The van der Waals surface area contributed by atoms with Crippen LogP contribution in [0.25, 0.3) is 0 Å². The van der Waals surface area contributed by atoms with Gasteiger partial charge in [0.15, 0.2) is 0 Å². The molecule has 0 aliphatic carbocycles. The molecule has 2 unspecified atom stereocenters. The van der Waals surface area contributed by atoms with Gasteiger partial charge in [0, 0.05) is 37.3 Å². The second-order valence-corrected chi connectivity index (χ2v) is 5.76. The van der Waals surface area contributed by atoms with E-state index in [4.69, 9.17) is 10.5 Å². The molecule has 0 saturated carbocycles. The van der Waals surface area contributed by atoms with Crippen molar-refractivity contribution in [2.45, 2.75) is 25.5 Å². The van der Waals surface area contributed by atoms with Crippen LogP contribution in [0.1, 0.15) is 23.6 Å². The van der Waals surface area contributed by atoms with Gasteiger partial charge in [0.05, 0.1) is 6.10 Å². The number of likely N-dealkylation sites (tertiary alicyclic amines) is 1. The van der Waals surface area contributed by atoms with Gasteiger partial charge in [-0.2, -0.15) is 0 Å². The number of benzene rings is 1. The predicted octanol–water partition coefficient (Wildman–Crippen LogP) is 2.48. The van der Waals surface area contributed by atoms with E-state index in [2.05, 4.69) is 46.0 Å². The summed E-state index contributed by atoms with van der Waals surface area (Å²) in [6.45, 7) is 4.78. The molecule has 1 aromatic rings. The van der Waals surface area contributed by atoms with Gasteiger partial charge >= 0.3 is 0 Å². The number of rotatable bonds is 4. The van der Waals surface area contributed by atoms with Crippen LogP contribution in [0.4, 0.5) is 0 Å². The molecule has 0 bridgehead atoms. The second-order valence-electron chi connectivity index (χ2n) is 4.90. The van der Waals surface area contributed by atoms with Crippen molar-refractivity contribution in [2.75, 3.05) is 26.7 Å². The summed E-state index contributed by atoms with van der Waals surface area (Å²) in [4.78, 5) is 2.42. The van der Waals surface area contributed by atoms with E-state index in [1.165, 1.54) is 11.1 Å². The van der Waals surface area contributed by atoms with Crippen LogP contribution in [-0.4, -0.2) is 37.7 Å². The molecule has 100 valence electrons. The first kappa shape index (κ1) is 14.0. The molecule has 0 spiro atoms. The third-order valence-electron chi connectivity index (χ3n) is 3.75. The zero-order valence-electron chi connectivity index (χ0n) is 11.0. The average molecular weight is 313 g/mol. The molecule has 0 amide bonds. The highest BCUT2D eigenvalue weighted by atomic mass is 79.9. The molecule has 0 radical (unpaired) electrons. The molecule has 1 aliphatic heterocycles. The largest absolute Gasteiger partial charge is 0.380 e. The molecule has 2 rings (SSSR count). The number of nitrogens with two attached hydrogens (primary N) is 1. The highest BCUT2D eigenvalue weighted by molar-refractivity contribution is 9.10. The summed E-state index contributed by atoms with van der Waals surface area (Å²) in [5.74, 6) is 0. The Morgan fingerprint density at radius 1 is 1.56 bits per heavy atom. The van der Waals surface area contributed by atoms with Gasteiger partial charge in [-0.1, -0.05) is 28.1 Å². The Morgan fingerprint density at radius 3 is 2.89 bits per heavy atom. The van der Waals surface area contributed by atoms with Gasteiger partial charge in [0.25, 0.3) is 0 Å². The lowest BCUT2D eigenvalue weighted by Gasteiger charge is -2.27. The van der Waals surface area contributed by atoms with Gasteiger partial charge in [-0.25, -0.2) is 0 Å². The Bertz CT molecular complexity index is 411. The topological polar surface area (TPSA) is 38.5 Å². The Kier molecular flexibility index (Phi) is 4.78. The molecule has 18 heavy (non-hydrogen) atoms. The average Bonchev–Trinajstić information content (AvgIpc) is 2.83. The van der Waals surface area contributed by atoms with Crippen LogP contribution in [0.2, 0.25) is 0 Å². The van der Waals surface area contributed by atoms with Crippen LogP contribution in [0.5, 0.6) is 0 Å². The number of methoxy groups -OCH3 is 1. The smallest absolute Gasteiger partial charge is 0.0710 e. The van der Waals surface area contributed by atoms with Gasteiger partial charge < -0.3 is 10.5 Å². The van der Waals surface area contributed by atoms with Gasteiger partial charge in [-0.3, -0.25) is 4.90 Å². The van der Waals surface area contributed by atoms with E-state index in [1.54, 1.807) is 7.11 Å². The molecule has 1 fully saturated rings. The fraction of sp³-hybridized carbons (Fsp3) is 0.571. The number of nitrogens with zero attached hydrogens (tertiary/aromatic N) is 1. The molecule has 1 saturated heterocycles. The molecule has 3 nitrogen and oxygen atoms in total. The molecular weight excluding hydrogens is 292 g/mol. The first-order valence-corrected chi connectivity index (χ1v) is 7.18. The van der Waals surface area contributed by atoms with Crippen LogP contribution in [0.15, 0.2) is 22.7 Å². The number of hydrogen-bond acceptors (Lipinski definition) is 3. The SMILES string of the molecule is COC1CCN(C(CN)c2ccc(C)c(Br)c2)C1. The van der Waals surface area contributed by atoms with E-state index in [1.807, 2.05) is 0 Å². The number of ether oxygens (including phenoxy) is 1. The van der Waals surface area contributed by atoms with E-state index < -0.39 is 0 Å². The lowest BCUT2D eigenvalue weighted by atomic mass is 10.0. The lowest BCUT2D eigenvalue weighted by molar-refractivity contribution is 0.101. The van der Waals surface area contributed by atoms with Crippen LogP contribution in [0, 0.1) is 6.92 Å². The zero-order valence-corrected chi connectivity index (χ0v) is 12.6. The van der Waals surface area contributed by atoms with E-state index in [-0.39, 0.29) is 0 Å². The van der Waals surface area contributed by atoms with E-state index in [9.17, 15) is 0 Å². The molecule has 4 heteroatoms. The third-order valence-corrected chi connectivity index (χ3v) is 4.61. The molecule has 2 N–H and O–H groups in total. The van der Waals surface area contributed by atoms with Gasteiger partial charge in [-0.15, -0.1) is 0 Å². The van der Waals surface area contributed by atoms with Crippen LogP contribution < -0.4 is 5.73 Å².